The van der Waals surface area contributed by atoms with Gasteiger partial charge in [-0.15, -0.1) is 0 Å². The molecule has 0 aromatic carbocycles. The molecular formula is C21H32INO. The number of hydrogen-bond acceptors (Lipinski definition) is 1. The monoisotopic (exact) mass is 441 g/mol. The molecule has 134 valence electrons. The van der Waals surface area contributed by atoms with E-state index >= 15 is 0 Å². The summed E-state index contributed by atoms with van der Waals surface area (Å²) in [7, 11) is 0. The summed E-state index contributed by atoms with van der Waals surface area (Å²) in [4.78, 5) is 11.7. The molecular weight excluding hydrogens is 409 g/mol. The molecule has 3 unspecified atom stereocenters. The van der Waals surface area contributed by atoms with Crippen LogP contribution in [-0.2, 0) is 4.79 Å². The number of carbonyl (C=O) groups is 1. The summed E-state index contributed by atoms with van der Waals surface area (Å²) < 4.78 is 0.654. The summed E-state index contributed by atoms with van der Waals surface area (Å²) in [5.41, 5.74) is 2.73. The zero-order valence-electron chi connectivity index (χ0n) is 15.8. The lowest BCUT2D eigenvalue weighted by Gasteiger charge is -2.35. The summed E-state index contributed by atoms with van der Waals surface area (Å²) in [5, 5.41) is 3.08. The third-order valence-corrected chi connectivity index (χ3v) is 7.10. The quantitative estimate of drug-likeness (QED) is 0.328. The van der Waals surface area contributed by atoms with Crippen LogP contribution in [0.2, 0.25) is 0 Å². The fourth-order valence-electron chi connectivity index (χ4n) is 3.97. The zero-order valence-corrected chi connectivity index (χ0v) is 17.9. The van der Waals surface area contributed by atoms with Crippen LogP contribution in [0.15, 0.2) is 35.6 Å². The second-order valence-corrected chi connectivity index (χ2v) is 10.3. The molecule has 3 heteroatoms. The highest BCUT2D eigenvalue weighted by atomic mass is 127. The van der Waals surface area contributed by atoms with Crippen molar-refractivity contribution in [3.63, 3.8) is 0 Å². The maximum atomic E-state index is 11.7. The lowest BCUT2D eigenvalue weighted by atomic mass is 9.74. The molecule has 3 atom stereocenters. The van der Waals surface area contributed by atoms with Gasteiger partial charge in [-0.3, -0.25) is 4.79 Å². The Morgan fingerprint density at radius 2 is 2.04 bits per heavy atom. The Kier molecular flexibility index (Phi) is 6.38. The minimum Gasteiger partial charge on any atom is -0.326 e. The first-order chi connectivity index (χ1) is 11.1. The van der Waals surface area contributed by atoms with E-state index in [9.17, 15) is 4.79 Å². The molecule has 1 N–H and O–H groups in total. The maximum absolute atomic E-state index is 11.7. The molecule has 0 aromatic rings. The van der Waals surface area contributed by atoms with Gasteiger partial charge < -0.3 is 5.32 Å². The van der Waals surface area contributed by atoms with Crippen molar-refractivity contribution in [2.75, 3.05) is 0 Å². The molecule has 0 heterocycles. The molecule has 0 radical (unpaired) electrons. The minimum absolute atomic E-state index is 0.0129. The van der Waals surface area contributed by atoms with E-state index in [1.807, 2.05) is 0 Å². The van der Waals surface area contributed by atoms with E-state index < -0.39 is 0 Å². The number of halogens is 1. The van der Waals surface area contributed by atoms with E-state index in [0.717, 1.165) is 5.70 Å². The predicted molar refractivity (Wildman–Crippen MR) is 111 cm³/mol. The maximum Gasteiger partial charge on any atom is 0.221 e. The third kappa shape index (κ3) is 4.96. The van der Waals surface area contributed by atoms with Gasteiger partial charge in [-0.1, -0.05) is 81.4 Å². The first kappa shape index (κ1) is 19.7. The smallest absolute Gasteiger partial charge is 0.221 e. The van der Waals surface area contributed by atoms with Crippen molar-refractivity contribution in [1.82, 2.24) is 5.32 Å². The van der Waals surface area contributed by atoms with E-state index in [0.29, 0.717) is 15.3 Å². The number of carbonyl (C=O) groups excluding carboxylic acids is 1. The highest BCUT2D eigenvalue weighted by Gasteiger charge is 2.36. The number of allylic oxidation sites excluding steroid dienone is 5. The first-order valence-electron chi connectivity index (χ1n) is 9.17. The Labute approximate surface area is 161 Å². The van der Waals surface area contributed by atoms with E-state index in [-0.39, 0.29) is 11.3 Å². The Balaban J connectivity index is 2.39. The summed E-state index contributed by atoms with van der Waals surface area (Å²) in [5.74, 6) is 0.533. The Bertz CT molecular complexity index is 570. The van der Waals surface area contributed by atoms with Crippen molar-refractivity contribution >= 4 is 28.5 Å². The fraction of sp³-hybridized carbons (Fsp3) is 0.667. The average Bonchev–Trinajstić information content (AvgIpc) is 2.73. The molecule has 0 saturated heterocycles. The topological polar surface area (TPSA) is 29.1 Å². The Morgan fingerprint density at radius 1 is 1.33 bits per heavy atom. The molecule has 1 amide bonds. The van der Waals surface area contributed by atoms with Gasteiger partial charge >= 0.3 is 0 Å². The van der Waals surface area contributed by atoms with Gasteiger partial charge in [0.2, 0.25) is 5.91 Å². The van der Waals surface area contributed by atoms with Crippen LogP contribution < -0.4 is 5.32 Å². The van der Waals surface area contributed by atoms with E-state index in [1.54, 1.807) is 6.92 Å². The van der Waals surface area contributed by atoms with Crippen molar-refractivity contribution < 1.29 is 4.79 Å². The van der Waals surface area contributed by atoms with E-state index in [4.69, 9.17) is 0 Å². The molecule has 1 saturated carbocycles. The van der Waals surface area contributed by atoms with Gasteiger partial charge in [0.05, 0.1) is 0 Å². The van der Waals surface area contributed by atoms with Gasteiger partial charge in [0.15, 0.2) is 0 Å². The number of nitrogens with one attached hydrogen (secondary N) is 1. The molecule has 1 fully saturated rings. The third-order valence-electron chi connectivity index (χ3n) is 5.60. The van der Waals surface area contributed by atoms with Gasteiger partial charge in [0.25, 0.3) is 0 Å². The van der Waals surface area contributed by atoms with Crippen molar-refractivity contribution in [3.8, 4) is 0 Å². The molecule has 2 rings (SSSR count). The SMILES string of the molecule is CC(=O)NC1=CC=CC(C)(C)C=C1C1CCCCC(C)(C(C)I)C1. The van der Waals surface area contributed by atoms with Gasteiger partial charge in [-0.2, -0.15) is 0 Å². The van der Waals surface area contributed by atoms with Crippen LogP contribution in [-0.4, -0.2) is 9.83 Å². The van der Waals surface area contributed by atoms with Gasteiger partial charge in [0, 0.05) is 22.0 Å². The van der Waals surface area contributed by atoms with Gasteiger partial charge in [-0.25, -0.2) is 0 Å². The van der Waals surface area contributed by atoms with E-state index in [1.165, 1.54) is 37.7 Å². The average molecular weight is 441 g/mol. The predicted octanol–water partition coefficient (Wildman–Crippen LogP) is 5.94. The van der Waals surface area contributed by atoms with Crippen LogP contribution in [0.5, 0.6) is 0 Å². The molecule has 2 aliphatic rings. The molecule has 2 aliphatic carbocycles. The number of hydrogen-bond donors (Lipinski definition) is 1. The molecule has 0 aromatic heterocycles. The summed E-state index contributed by atoms with van der Waals surface area (Å²) in [6, 6.07) is 0. The standard InChI is InChI=1S/C21H32INO/c1-15(22)21(5)12-7-6-9-17(13-21)18-14-20(3,4)11-8-10-19(18)23-16(2)24/h8,10-11,14-15,17H,6-7,9,12-13H2,1-5H3,(H,23,24). The number of amides is 1. The Hall–Kier alpha value is -0.580. The second-order valence-electron chi connectivity index (χ2n) is 8.46. The van der Waals surface area contributed by atoms with Crippen LogP contribution in [0.4, 0.5) is 0 Å². The van der Waals surface area contributed by atoms with Crippen LogP contribution in [0.1, 0.15) is 66.7 Å². The summed E-state index contributed by atoms with van der Waals surface area (Å²) >= 11 is 2.60. The molecule has 24 heavy (non-hydrogen) atoms. The van der Waals surface area contributed by atoms with Crippen molar-refractivity contribution in [1.29, 1.82) is 0 Å². The van der Waals surface area contributed by atoms with Crippen molar-refractivity contribution in [2.45, 2.75) is 70.6 Å². The minimum atomic E-state index is 0.0129. The number of alkyl halides is 1. The summed E-state index contributed by atoms with van der Waals surface area (Å²) in [6.07, 6.45) is 15.1. The van der Waals surface area contributed by atoms with Crippen LogP contribution in [0, 0.1) is 16.7 Å². The molecule has 0 bridgehead atoms. The lowest BCUT2D eigenvalue weighted by molar-refractivity contribution is -0.118. The zero-order chi connectivity index (χ0) is 18.0. The van der Waals surface area contributed by atoms with Crippen molar-refractivity contribution in [3.05, 3.63) is 35.6 Å². The largest absolute Gasteiger partial charge is 0.326 e. The van der Waals surface area contributed by atoms with Gasteiger partial charge in [0.1, 0.15) is 0 Å². The molecule has 2 nitrogen and oxygen atoms in total. The lowest BCUT2D eigenvalue weighted by Crippen LogP contribution is -2.30. The number of rotatable bonds is 3. The van der Waals surface area contributed by atoms with Crippen LogP contribution in [0.25, 0.3) is 0 Å². The highest BCUT2D eigenvalue weighted by Crippen LogP contribution is 2.47. The normalized spacial score (nSPS) is 31.3. The Morgan fingerprint density at radius 3 is 2.67 bits per heavy atom. The molecule has 0 aliphatic heterocycles. The fourth-order valence-corrected chi connectivity index (χ4v) is 4.54. The highest BCUT2D eigenvalue weighted by molar-refractivity contribution is 14.1. The first-order valence-corrected chi connectivity index (χ1v) is 10.4. The second kappa shape index (κ2) is 7.76. The van der Waals surface area contributed by atoms with E-state index in [2.05, 4.69) is 79.9 Å². The van der Waals surface area contributed by atoms with Crippen LogP contribution in [0.3, 0.4) is 0 Å². The van der Waals surface area contributed by atoms with Crippen molar-refractivity contribution in [2.24, 2.45) is 16.7 Å². The molecule has 0 spiro atoms. The van der Waals surface area contributed by atoms with Gasteiger partial charge in [-0.05, 0) is 42.2 Å². The summed E-state index contributed by atoms with van der Waals surface area (Å²) in [6.45, 7) is 10.9. The van der Waals surface area contributed by atoms with Crippen LogP contribution >= 0.6 is 22.6 Å².